The van der Waals surface area contributed by atoms with Crippen LogP contribution >= 0.6 is 0 Å². The third-order valence-electron chi connectivity index (χ3n) is 5.53. The third-order valence-corrected chi connectivity index (χ3v) is 5.53. The topological polar surface area (TPSA) is 64.7 Å². The smallest absolute Gasteiger partial charge is 0.322 e. The maximum Gasteiger partial charge on any atom is 0.322 e. The molecule has 6 heteroatoms. The highest BCUT2D eigenvalue weighted by molar-refractivity contribution is 5.95. The highest BCUT2D eigenvalue weighted by atomic mass is 16.2. The van der Waals surface area contributed by atoms with Crippen LogP contribution in [-0.2, 0) is 4.79 Å². The number of hydrogen-bond acceptors (Lipinski definition) is 3. The molecule has 1 aliphatic carbocycles. The molecule has 25 heavy (non-hydrogen) atoms. The minimum Gasteiger partial charge on any atom is -0.326 e. The number of urea groups is 1. The highest BCUT2D eigenvalue weighted by Gasteiger charge is 2.36. The molecule has 2 atom stereocenters. The van der Waals surface area contributed by atoms with Gasteiger partial charge in [0.05, 0.1) is 0 Å². The van der Waals surface area contributed by atoms with E-state index in [1.54, 1.807) is 0 Å². The SMILES string of the molecule is C[C@@H]1CN2CCC[C@@H]2CN1C(=O)Nc1cccc(NC(=O)C2CC2)c1. The Labute approximate surface area is 148 Å². The zero-order valence-electron chi connectivity index (χ0n) is 14.7. The van der Waals surface area contributed by atoms with Gasteiger partial charge in [0.25, 0.3) is 0 Å². The van der Waals surface area contributed by atoms with Crippen molar-refractivity contribution in [3.63, 3.8) is 0 Å². The van der Waals surface area contributed by atoms with Gasteiger partial charge in [0.1, 0.15) is 0 Å². The van der Waals surface area contributed by atoms with Crippen molar-refractivity contribution in [2.24, 2.45) is 5.92 Å². The first kappa shape index (κ1) is 16.4. The zero-order valence-corrected chi connectivity index (χ0v) is 14.7. The summed E-state index contributed by atoms with van der Waals surface area (Å²) < 4.78 is 0. The highest BCUT2D eigenvalue weighted by Crippen LogP contribution is 2.30. The van der Waals surface area contributed by atoms with Gasteiger partial charge in [-0.1, -0.05) is 6.07 Å². The van der Waals surface area contributed by atoms with Crippen LogP contribution in [0.3, 0.4) is 0 Å². The lowest BCUT2D eigenvalue weighted by Gasteiger charge is -2.42. The molecule has 1 saturated carbocycles. The number of anilines is 2. The molecule has 0 spiro atoms. The van der Waals surface area contributed by atoms with Crippen molar-refractivity contribution in [2.75, 3.05) is 30.3 Å². The maximum absolute atomic E-state index is 12.7. The Morgan fingerprint density at radius 1 is 1.08 bits per heavy atom. The van der Waals surface area contributed by atoms with E-state index >= 15 is 0 Å². The molecule has 1 aromatic carbocycles. The van der Waals surface area contributed by atoms with Gasteiger partial charge in [-0.2, -0.15) is 0 Å². The van der Waals surface area contributed by atoms with Gasteiger partial charge < -0.3 is 15.5 Å². The largest absolute Gasteiger partial charge is 0.326 e. The summed E-state index contributed by atoms with van der Waals surface area (Å²) in [6.07, 6.45) is 4.37. The number of piperazine rings is 1. The monoisotopic (exact) mass is 342 g/mol. The van der Waals surface area contributed by atoms with Gasteiger partial charge in [-0.05, 0) is 57.4 Å². The average Bonchev–Trinajstić information content (AvgIpc) is 3.34. The van der Waals surface area contributed by atoms with Crippen LogP contribution in [0.4, 0.5) is 16.2 Å². The van der Waals surface area contributed by atoms with E-state index in [4.69, 9.17) is 0 Å². The van der Waals surface area contributed by atoms with Gasteiger partial charge >= 0.3 is 6.03 Å². The number of benzene rings is 1. The molecule has 3 aliphatic rings. The molecule has 0 radical (unpaired) electrons. The summed E-state index contributed by atoms with van der Waals surface area (Å²) in [7, 11) is 0. The van der Waals surface area contributed by atoms with Gasteiger partial charge in [0.15, 0.2) is 0 Å². The summed E-state index contributed by atoms with van der Waals surface area (Å²) in [5.74, 6) is 0.247. The second-order valence-corrected chi connectivity index (χ2v) is 7.57. The average molecular weight is 342 g/mol. The summed E-state index contributed by atoms with van der Waals surface area (Å²) in [6, 6.07) is 8.07. The number of carbonyl (C=O) groups excluding carboxylic acids is 2. The number of fused-ring (bicyclic) bond motifs is 1. The predicted octanol–water partition coefficient (Wildman–Crippen LogP) is 2.74. The fraction of sp³-hybridized carbons (Fsp3) is 0.579. The molecule has 2 N–H and O–H groups in total. The van der Waals surface area contributed by atoms with E-state index in [-0.39, 0.29) is 23.9 Å². The minimum atomic E-state index is -0.0512. The number of hydrogen-bond donors (Lipinski definition) is 2. The molecule has 3 amide bonds. The standard InChI is InChI=1S/C19H26N4O2/c1-13-11-22-9-3-6-17(22)12-23(13)19(25)21-16-5-2-4-15(10-16)20-18(24)14-7-8-14/h2,4-5,10,13-14,17H,3,6-9,11-12H2,1H3,(H,20,24)(H,21,25)/t13-,17-/m1/s1. The molecule has 4 rings (SSSR count). The van der Waals surface area contributed by atoms with Gasteiger partial charge in [-0.3, -0.25) is 9.69 Å². The van der Waals surface area contributed by atoms with Crippen molar-refractivity contribution in [1.29, 1.82) is 0 Å². The van der Waals surface area contributed by atoms with E-state index in [1.165, 1.54) is 12.8 Å². The van der Waals surface area contributed by atoms with Gasteiger partial charge in [0, 0.05) is 42.5 Å². The number of carbonyl (C=O) groups is 2. The second-order valence-electron chi connectivity index (χ2n) is 7.57. The third kappa shape index (κ3) is 3.63. The molecule has 0 bridgehead atoms. The van der Waals surface area contributed by atoms with E-state index < -0.39 is 0 Å². The van der Waals surface area contributed by atoms with E-state index in [1.807, 2.05) is 29.2 Å². The molecule has 6 nitrogen and oxygen atoms in total. The summed E-state index contributed by atoms with van der Waals surface area (Å²) >= 11 is 0. The molecule has 3 fully saturated rings. The number of nitrogens with zero attached hydrogens (tertiary/aromatic N) is 2. The van der Waals surface area contributed by atoms with Crippen molar-refractivity contribution in [2.45, 2.75) is 44.7 Å². The first-order valence-corrected chi connectivity index (χ1v) is 9.33. The minimum absolute atomic E-state index is 0.0512. The van der Waals surface area contributed by atoms with Crippen molar-refractivity contribution in [1.82, 2.24) is 9.80 Å². The predicted molar refractivity (Wildman–Crippen MR) is 97.6 cm³/mol. The molecular weight excluding hydrogens is 316 g/mol. The molecule has 2 aliphatic heterocycles. The van der Waals surface area contributed by atoms with Crippen LogP contribution in [0.5, 0.6) is 0 Å². The molecule has 0 unspecified atom stereocenters. The van der Waals surface area contributed by atoms with E-state index in [0.717, 1.165) is 43.9 Å². The van der Waals surface area contributed by atoms with Crippen molar-refractivity contribution >= 4 is 23.3 Å². The van der Waals surface area contributed by atoms with Crippen LogP contribution in [0.1, 0.15) is 32.6 Å². The number of nitrogens with one attached hydrogen (secondary N) is 2. The van der Waals surface area contributed by atoms with E-state index in [2.05, 4.69) is 22.5 Å². The maximum atomic E-state index is 12.7. The Balaban J connectivity index is 1.39. The zero-order chi connectivity index (χ0) is 17.4. The Bertz CT molecular complexity index is 673. The summed E-state index contributed by atoms with van der Waals surface area (Å²) in [6.45, 7) is 5.02. The summed E-state index contributed by atoms with van der Waals surface area (Å²) in [4.78, 5) is 29.1. The van der Waals surface area contributed by atoms with Crippen LogP contribution in [0.25, 0.3) is 0 Å². The van der Waals surface area contributed by atoms with Crippen LogP contribution in [0, 0.1) is 5.92 Å². The van der Waals surface area contributed by atoms with Crippen molar-refractivity contribution in [3.05, 3.63) is 24.3 Å². The van der Waals surface area contributed by atoms with E-state index in [9.17, 15) is 9.59 Å². The second kappa shape index (κ2) is 6.67. The molecule has 1 aromatic rings. The van der Waals surface area contributed by atoms with Gasteiger partial charge in [-0.25, -0.2) is 4.79 Å². The summed E-state index contributed by atoms with van der Waals surface area (Å²) in [5, 5.41) is 5.92. The fourth-order valence-corrected chi connectivity index (χ4v) is 3.93. The Morgan fingerprint density at radius 3 is 2.60 bits per heavy atom. The van der Waals surface area contributed by atoms with Crippen molar-refractivity contribution < 1.29 is 9.59 Å². The fourth-order valence-electron chi connectivity index (χ4n) is 3.93. The Kier molecular flexibility index (Phi) is 4.37. The Morgan fingerprint density at radius 2 is 1.84 bits per heavy atom. The first-order chi connectivity index (χ1) is 12.1. The number of rotatable bonds is 3. The van der Waals surface area contributed by atoms with Crippen LogP contribution < -0.4 is 10.6 Å². The van der Waals surface area contributed by atoms with Crippen molar-refractivity contribution in [3.8, 4) is 0 Å². The lowest BCUT2D eigenvalue weighted by molar-refractivity contribution is -0.117. The molecule has 2 heterocycles. The lowest BCUT2D eigenvalue weighted by Crippen LogP contribution is -2.57. The summed E-state index contributed by atoms with van der Waals surface area (Å²) in [5.41, 5.74) is 1.46. The van der Waals surface area contributed by atoms with E-state index in [0.29, 0.717) is 6.04 Å². The van der Waals surface area contributed by atoms with Crippen LogP contribution in [-0.4, -0.2) is 53.5 Å². The molecule has 134 valence electrons. The van der Waals surface area contributed by atoms with Gasteiger partial charge in [-0.15, -0.1) is 0 Å². The molecular formula is C19H26N4O2. The Hall–Kier alpha value is -2.08. The normalized spacial score (nSPS) is 26.2. The molecule has 0 aromatic heterocycles. The van der Waals surface area contributed by atoms with Gasteiger partial charge in [0.2, 0.25) is 5.91 Å². The quantitative estimate of drug-likeness (QED) is 0.888. The lowest BCUT2D eigenvalue weighted by atomic mass is 10.1. The number of amides is 3. The van der Waals surface area contributed by atoms with Crippen LogP contribution in [0.2, 0.25) is 0 Å². The van der Waals surface area contributed by atoms with Crippen LogP contribution in [0.15, 0.2) is 24.3 Å². The molecule has 2 saturated heterocycles. The first-order valence-electron chi connectivity index (χ1n) is 9.33.